The molecule has 0 heterocycles. The van der Waals surface area contributed by atoms with Crippen molar-refractivity contribution in [1.29, 1.82) is 0 Å². The van der Waals surface area contributed by atoms with Gasteiger partial charge in [-0.3, -0.25) is 0 Å². The highest BCUT2D eigenvalue weighted by atomic mass is 16.5. The maximum Gasteiger partial charge on any atom is 0.318 e. The van der Waals surface area contributed by atoms with Crippen molar-refractivity contribution in [2.24, 2.45) is 0 Å². The Morgan fingerprint density at radius 3 is 2.56 bits per heavy atom. The Labute approximate surface area is 151 Å². The minimum atomic E-state index is -0.225. The molecule has 0 bridgehead atoms. The summed E-state index contributed by atoms with van der Waals surface area (Å²) in [6.07, 6.45) is 4.85. The summed E-state index contributed by atoms with van der Waals surface area (Å²) in [5, 5.41) is 13.0. The van der Waals surface area contributed by atoms with Crippen molar-refractivity contribution in [3.63, 3.8) is 0 Å². The van der Waals surface area contributed by atoms with Gasteiger partial charge in [-0.1, -0.05) is 26.0 Å². The van der Waals surface area contributed by atoms with Crippen molar-refractivity contribution >= 4 is 6.03 Å². The van der Waals surface area contributed by atoms with Crippen LogP contribution in [-0.2, 0) is 6.54 Å². The average Bonchev–Trinajstić information content (AvgIpc) is 2.65. The maximum atomic E-state index is 12.9. The Hall–Kier alpha value is -1.75. The highest BCUT2D eigenvalue weighted by Gasteiger charge is 2.29. The van der Waals surface area contributed by atoms with E-state index in [1.54, 1.807) is 7.11 Å². The Balaban J connectivity index is 2.14. The number of ether oxygens (including phenoxy) is 1. The third-order valence-electron chi connectivity index (χ3n) is 5.17. The number of benzene rings is 1. The normalized spacial score (nSPS) is 20.4. The van der Waals surface area contributed by atoms with Crippen LogP contribution in [0.3, 0.4) is 0 Å². The highest BCUT2D eigenvalue weighted by Crippen LogP contribution is 2.25. The minimum absolute atomic E-state index is 0.00194. The number of urea groups is 1. The van der Waals surface area contributed by atoms with Gasteiger partial charge in [0.2, 0.25) is 0 Å². The van der Waals surface area contributed by atoms with Crippen LogP contribution in [0.1, 0.15) is 57.9 Å². The number of amides is 2. The van der Waals surface area contributed by atoms with Crippen LogP contribution in [0.5, 0.6) is 5.75 Å². The summed E-state index contributed by atoms with van der Waals surface area (Å²) in [5.74, 6) is 0.803. The van der Waals surface area contributed by atoms with Gasteiger partial charge in [0.1, 0.15) is 5.75 Å². The monoisotopic (exact) mass is 348 g/mol. The highest BCUT2D eigenvalue weighted by molar-refractivity contribution is 5.75. The predicted molar refractivity (Wildman–Crippen MR) is 99.7 cm³/mol. The van der Waals surface area contributed by atoms with Crippen LogP contribution < -0.4 is 10.1 Å². The van der Waals surface area contributed by atoms with Gasteiger partial charge in [0.05, 0.1) is 13.2 Å². The van der Waals surface area contributed by atoms with Gasteiger partial charge in [0, 0.05) is 18.6 Å². The molecule has 2 N–H and O–H groups in total. The first kappa shape index (κ1) is 19.6. The molecule has 0 atom stereocenters. The first-order valence-electron chi connectivity index (χ1n) is 9.45. The molecular weight excluding hydrogens is 316 g/mol. The fraction of sp³-hybridized carbons (Fsp3) is 0.650. The summed E-state index contributed by atoms with van der Waals surface area (Å²) in [4.78, 5) is 14.9. The Morgan fingerprint density at radius 1 is 1.28 bits per heavy atom. The Morgan fingerprint density at radius 2 is 1.96 bits per heavy atom. The number of methoxy groups -OCH3 is 1. The Kier molecular flexibility index (Phi) is 7.56. The second-order valence-corrected chi connectivity index (χ2v) is 6.90. The second-order valence-electron chi connectivity index (χ2n) is 6.90. The number of hydrogen-bond donors (Lipinski definition) is 2. The molecule has 5 heteroatoms. The quantitative estimate of drug-likeness (QED) is 0.790. The summed E-state index contributed by atoms with van der Waals surface area (Å²) < 4.78 is 5.30. The number of carbonyl (C=O) groups excluding carboxylic acids is 1. The van der Waals surface area contributed by atoms with Gasteiger partial charge in [-0.05, 0) is 56.2 Å². The van der Waals surface area contributed by atoms with Gasteiger partial charge in [-0.25, -0.2) is 4.79 Å². The molecule has 25 heavy (non-hydrogen) atoms. The number of aliphatic hydroxyl groups is 1. The van der Waals surface area contributed by atoms with Crippen molar-refractivity contribution in [2.75, 3.05) is 7.11 Å². The maximum absolute atomic E-state index is 12.9. The Bertz CT molecular complexity index is 537. The molecule has 0 spiro atoms. The van der Waals surface area contributed by atoms with E-state index in [1.807, 2.05) is 29.2 Å². The molecule has 1 aliphatic carbocycles. The van der Waals surface area contributed by atoms with Gasteiger partial charge in [-0.2, -0.15) is 0 Å². The van der Waals surface area contributed by atoms with Crippen molar-refractivity contribution in [3.8, 4) is 5.75 Å². The lowest BCUT2D eigenvalue weighted by Gasteiger charge is -2.36. The summed E-state index contributed by atoms with van der Waals surface area (Å²) in [6.45, 7) is 4.75. The zero-order chi connectivity index (χ0) is 18.2. The molecule has 2 amide bonds. The van der Waals surface area contributed by atoms with Crippen LogP contribution in [0.25, 0.3) is 0 Å². The molecule has 1 fully saturated rings. The van der Waals surface area contributed by atoms with Crippen LogP contribution in [-0.4, -0.2) is 41.3 Å². The molecule has 140 valence electrons. The number of rotatable bonds is 7. The number of carbonyl (C=O) groups is 1. The summed E-state index contributed by atoms with van der Waals surface area (Å²) >= 11 is 0. The first-order chi connectivity index (χ1) is 12.1. The number of hydrogen-bond acceptors (Lipinski definition) is 3. The second kappa shape index (κ2) is 9.66. The van der Waals surface area contributed by atoms with Crippen molar-refractivity contribution < 1.29 is 14.6 Å². The molecule has 5 nitrogen and oxygen atoms in total. The van der Waals surface area contributed by atoms with E-state index >= 15 is 0 Å². The van der Waals surface area contributed by atoms with Gasteiger partial charge < -0.3 is 20.1 Å². The first-order valence-corrected chi connectivity index (χ1v) is 9.45. The van der Waals surface area contributed by atoms with E-state index in [0.717, 1.165) is 49.8 Å². The molecule has 0 radical (unpaired) electrons. The summed E-state index contributed by atoms with van der Waals surface area (Å²) in [7, 11) is 1.65. The van der Waals surface area contributed by atoms with E-state index in [1.165, 1.54) is 0 Å². The number of nitrogens with zero attached hydrogens (tertiary/aromatic N) is 1. The van der Waals surface area contributed by atoms with E-state index in [9.17, 15) is 9.90 Å². The van der Waals surface area contributed by atoms with E-state index in [2.05, 4.69) is 19.2 Å². The zero-order valence-electron chi connectivity index (χ0n) is 15.7. The van der Waals surface area contributed by atoms with Crippen LogP contribution >= 0.6 is 0 Å². The van der Waals surface area contributed by atoms with Gasteiger partial charge >= 0.3 is 6.03 Å². The van der Waals surface area contributed by atoms with Crippen molar-refractivity contribution in [1.82, 2.24) is 10.2 Å². The smallest absolute Gasteiger partial charge is 0.318 e. The lowest BCUT2D eigenvalue weighted by molar-refractivity contribution is 0.0809. The summed E-state index contributed by atoms with van der Waals surface area (Å²) in [5.41, 5.74) is 1.06. The fourth-order valence-corrected chi connectivity index (χ4v) is 3.45. The third-order valence-corrected chi connectivity index (χ3v) is 5.17. The predicted octanol–water partition coefficient (Wildman–Crippen LogP) is 3.70. The van der Waals surface area contributed by atoms with Crippen LogP contribution in [0, 0.1) is 0 Å². The number of nitrogens with one attached hydrogen (secondary N) is 1. The minimum Gasteiger partial charge on any atom is -0.497 e. The molecule has 1 saturated carbocycles. The lowest BCUT2D eigenvalue weighted by atomic mass is 9.92. The fourth-order valence-electron chi connectivity index (χ4n) is 3.45. The van der Waals surface area contributed by atoms with Gasteiger partial charge in [0.15, 0.2) is 0 Å². The lowest BCUT2D eigenvalue weighted by Crippen LogP contribution is -2.50. The molecule has 0 saturated heterocycles. The van der Waals surface area contributed by atoms with Crippen LogP contribution in [0.2, 0.25) is 0 Å². The standard InChI is InChI=1S/C20H32N2O3/c1-4-16(5-2)21-20(24)22(17-9-11-18(23)12-10-17)14-15-7-6-8-19(13-15)25-3/h6-8,13,16-18,23H,4-5,9-12,14H2,1-3H3,(H,21,24). The van der Waals surface area contributed by atoms with E-state index in [-0.39, 0.29) is 24.2 Å². The van der Waals surface area contributed by atoms with E-state index in [0.29, 0.717) is 6.54 Å². The molecular formula is C20H32N2O3. The van der Waals surface area contributed by atoms with Crippen LogP contribution in [0.15, 0.2) is 24.3 Å². The number of aliphatic hydroxyl groups excluding tert-OH is 1. The molecule has 1 aromatic rings. The topological polar surface area (TPSA) is 61.8 Å². The molecule has 0 aromatic heterocycles. The van der Waals surface area contributed by atoms with Gasteiger partial charge in [0.25, 0.3) is 0 Å². The van der Waals surface area contributed by atoms with E-state index in [4.69, 9.17) is 4.74 Å². The molecule has 0 unspecified atom stereocenters. The summed E-state index contributed by atoms with van der Waals surface area (Å²) in [6, 6.07) is 8.24. The molecule has 2 rings (SSSR count). The van der Waals surface area contributed by atoms with Gasteiger partial charge in [-0.15, -0.1) is 0 Å². The average molecular weight is 348 g/mol. The molecule has 1 aromatic carbocycles. The third kappa shape index (κ3) is 5.63. The SMILES string of the molecule is CCC(CC)NC(=O)N(Cc1cccc(OC)c1)C1CCC(O)CC1. The van der Waals surface area contributed by atoms with Crippen molar-refractivity contribution in [3.05, 3.63) is 29.8 Å². The largest absolute Gasteiger partial charge is 0.497 e. The molecule has 0 aliphatic heterocycles. The van der Waals surface area contributed by atoms with Crippen molar-refractivity contribution in [2.45, 2.75) is 77.1 Å². The zero-order valence-corrected chi connectivity index (χ0v) is 15.7. The van der Waals surface area contributed by atoms with E-state index < -0.39 is 0 Å². The van der Waals surface area contributed by atoms with Crippen LogP contribution in [0.4, 0.5) is 4.79 Å². The molecule has 1 aliphatic rings.